The molecule has 0 spiro atoms. The number of aromatic amines is 1. The van der Waals surface area contributed by atoms with Gasteiger partial charge in [0.25, 0.3) is 0 Å². The second-order valence-corrected chi connectivity index (χ2v) is 10.4. The van der Waals surface area contributed by atoms with Crippen LogP contribution >= 0.6 is 0 Å². The fraction of sp³-hybridized carbons (Fsp3) is 0.440. The van der Waals surface area contributed by atoms with Gasteiger partial charge in [-0.3, -0.25) is 14.2 Å². The molecule has 3 aromatic rings. The number of benzene rings is 2. The van der Waals surface area contributed by atoms with Crippen LogP contribution in [0.3, 0.4) is 0 Å². The first-order valence-electron chi connectivity index (χ1n) is 11.8. The van der Waals surface area contributed by atoms with Crippen molar-refractivity contribution < 1.29 is 21.9 Å². The van der Waals surface area contributed by atoms with Crippen LogP contribution in [0.1, 0.15) is 36.2 Å². The van der Waals surface area contributed by atoms with Crippen LogP contribution in [0.4, 0.5) is 18.9 Å². The maximum absolute atomic E-state index is 15.6. The molecule has 188 valence electrons. The molecule has 5 rings (SSSR count). The van der Waals surface area contributed by atoms with Crippen LogP contribution < -0.4 is 5.32 Å². The lowest BCUT2D eigenvalue weighted by atomic mass is 9.88. The van der Waals surface area contributed by atoms with E-state index in [0.717, 1.165) is 16.5 Å². The zero-order valence-corrected chi connectivity index (χ0v) is 20.3. The number of alkyl halides is 1. The van der Waals surface area contributed by atoms with Gasteiger partial charge in [-0.25, -0.2) is 13.0 Å². The number of likely N-dealkylation sites (tertiary alicyclic amines) is 1. The molecule has 1 aromatic heterocycles. The Hall–Kier alpha value is -2.40. The van der Waals surface area contributed by atoms with Crippen LogP contribution in [0.25, 0.3) is 10.9 Å². The Labute approximate surface area is 204 Å². The number of nitrogens with one attached hydrogen (secondary N) is 2. The molecule has 0 bridgehead atoms. The maximum Gasteiger partial charge on any atom is 0.167 e. The van der Waals surface area contributed by atoms with Gasteiger partial charge in [0.2, 0.25) is 0 Å². The second-order valence-electron chi connectivity index (χ2n) is 9.48. The molecule has 3 heterocycles. The SMILES string of the molecule is C[C@@H]1Cc2c([nH]c3ccccc23)[C@H](c2c(F)cc(NC3CN(CCCF)C3)cc2F)N1CS(=O)O. The molecule has 1 saturated heterocycles. The topological polar surface area (TPSA) is 71.6 Å². The van der Waals surface area contributed by atoms with E-state index in [0.29, 0.717) is 43.9 Å². The monoisotopic (exact) mass is 506 g/mol. The van der Waals surface area contributed by atoms with E-state index >= 15 is 8.78 Å². The van der Waals surface area contributed by atoms with E-state index in [1.807, 2.05) is 31.2 Å². The summed E-state index contributed by atoms with van der Waals surface area (Å²) < 4.78 is 65.0. The summed E-state index contributed by atoms with van der Waals surface area (Å²) in [5.74, 6) is -1.65. The highest BCUT2D eigenvalue weighted by atomic mass is 32.2. The molecular formula is C25H29F3N4O2S. The number of hydrogen-bond donors (Lipinski definition) is 3. The number of fused-ring (bicyclic) bond motifs is 3. The first-order chi connectivity index (χ1) is 16.9. The number of halogens is 3. The largest absolute Gasteiger partial charge is 0.380 e. The fourth-order valence-electron chi connectivity index (χ4n) is 5.44. The molecule has 2 aromatic carbocycles. The lowest BCUT2D eigenvalue weighted by Crippen LogP contribution is -2.54. The highest BCUT2D eigenvalue weighted by molar-refractivity contribution is 7.79. The van der Waals surface area contributed by atoms with E-state index in [4.69, 9.17) is 0 Å². The van der Waals surface area contributed by atoms with Crippen LogP contribution in [-0.4, -0.2) is 67.8 Å². The molecule has 3 N–H and O–H groups in total. The molecule has 0 amide bonds. The minimum absolute atomic E-state index is 0.0441. The number of aromatic nitrogens is 1. The van der Waals surface area contributed by atoms with E-state index < -0.39 is 28.8 Å². The molecule has 6 nitrogen and oxygen atoms in total. The highest BCUT2D eigenvalue weighted by Crippen LogP contribution is 2.42. The van der Waals surface area contributed by atoms with Crippen molar-refractivity contribution in [2.24, 2.45) is 0 Å². The summed E-state index contributed by atoms with van der Waals surface area (Å²) >= 11 is -2.17. The molecule has 1 fully saturated rings. The van der Waals surface area contributed by atoms with Crippen molar-refractivity contribution in [1.29, 1.82) is 0 Å². The second kappa shape index (κ2) is 9.93. The first kappa shape index (κ1) is 24.3. The summed E-state index contributed by atoms with van der Waals surface area (Å²) in [6.07, 6.45) is 1.08. The predicted molar refractivity (Wildman–Crippen MR) is 132 cm³/mol. The quantitative estimate of drug-likeness (QED) is 0.395. The number of hydrogen-bond acceptors (Lipinski definition) is 4. The molecular weight excluding hydrogens is 477 g/mol. The molecule has 3 atom stereocenters. The smallest absolute Gasteiger partial charge is 0.167 e. The van der Waals surface area contributed by atoms with E-state index in [1.54, 1.807) is 4.90 Å². The van der Waals surface area contributed by atoms with Crippen molar-refractivity contribution in [3.63, 3.8) is 0 Å². The Kier molecular flexibility index (Phi) is 6.89. The molecule has 2 aliphatic rings. The Morgan fingerprint density at radius 2 is 1.91 bits per heavy atom. The van der Waals surface area contributed by atoms with Gasteiger partial charge in [-0.2, -0.15) is 0 Å². The molecule has 0 saturated carbocycles. The van der Waals surface area contributed by atoms with Crippen LogP contribution in [-0.2, 0) is 17.5 Å². The van der Waals surface area contributed by atoms with E-state index in [1.165, 1.54) is 12.1 Å². The minimum Gasteiger partial charge on any atom is -0.380 e. The molecule has 2 aliphatic heterocycles. The Bertz CT molecular complexity index is 1220. The average molecular weight is 507 g/mol. The van der Waals surface area contributed by atoms with Crippen LogP contribution in [0.15, 0.2) is 36.4 Å². The van der Waals surface area contributed by atoms with Crippen molar-refractivity contribution in [2.75, 3.05) is 37.5 Å². The summed E-state index contributed by atoms with van der Waals surface area (Å²) in [4.78, 5) is 7.11. The Morgan fingerprint density at radius 1 is 1.20 bits per heavy atom. The van der Waals surface area contributed by atoms with Gasteiger partial charge in [-0.1, -0.05) is 18.2 Å². The third kappa shape index (κ3) is 4.72. The third-order valence-electron chi connectivity index (χ3n) is 7.07. The molecule has 35 heavy (non-hydrogen) atoms. The van der Waals surface area contributed by atoms with Gasteiger partial charge in [0.05, 0.1) is 18.8 Å². The first-order valence-corrected chi connectivity index (χ1v) is 13.1. The van der Waals surface area contributed by atoms with E-state index in [9.17, 15) is 13.2 Å². The summed E-state index contributed by atoms with van der Waals surface area (Å²) in [5, 5.41) is 4.16. The van der Waals surface area contributed by atoms with Gasteiger partial charge in [-0.15, -0.1) is 0 Å². The Morgan fingerprint density at radius 3 is 2.60 bits per heavy atom. The summed E-state index contributed by atoms with van der Waals surface area (Å²) in [5.41, 5.74) is 2.69. The van der Waals surface area contributed by atoms with Crippen LogP contribution in [0.5, 0.6) is 0 Å². The molecule has 10 heteroatoms. The van der Waals surface area contributed by atoms with Gasteiger partial charge >= 0.3 is 0 Å². The van der Waals surface area contributed by atoms with Gasteiger partial charge < -0.3 is 14.9 Å². The van der Waals surface area contributed by atoms with Gasteiger partial charge in [0.1, 0.15) is 17.5 Å². The molecule has 1 unspecified atom stereocenters. The predicted octanol–water partition coefficient (Wildman–Crippen LogP) is 4.42. The van der Waals surface area contributed by atoms with Crippen molar-refractivity contribution in [1.82, 2.24) is 14.8 Å². The zero-order chi connectivity index (χ0) is 24.7. The minimum atomic E-state index is -2.17. The maximum atomic E-state index is 15.6. The lowest BCUT2D eigenvalue weighted by molar-refractivity contribution is 0.155. The van der Waals surface area contributed by atoms with Gasteiger partial charge in [0.15, 0.2) is 11.1 Å². The van der Waals surface area contributed by atoms with Gasteiger partial charge in [-0.05, 0) is 43.5 Å². The van der Waals surface area contributed by atoms with E-state index in [2.05, 4.69) is 15.2 Å². The van der Waals surface area contributed by atoms with Crippen molar-refractivity contribution in [3.8, 4) is 0 Å². The molecule has 0 radical (unpaired) electrons. The number of rotatable bonds is 8. The number of H-pyrrole nitrogens is 1. The normalized spacial score (nSPS) is 22.2. The van der Waals surface area contributed by atoms with Crippen molar-refractivity contribution in [3.05, 3.63) is 64.9 Å². The summed E-state index contributed by atoms with van der Waals surface area (Å²) in [6, 6.07) is 9.26. The van der Waals surface area contributed by atoms with Crippen LogP contribution in [0, 0.1) is 11.6 Å². The van der Waals surface area contributed by atoms with Crippen molar-refractivity contribution in [2.45, 2.75) is 37.9 Å². The number of anilines is 1. The third-order valence-corrected chi connectivity index (χ3v) is 7.58. The van der Waals surface area contributed by atoms with Gasteiger partial charge in [0, 0.05) is 53.5 Å². The van der Waals surface area contributed by atoms with E-state index in [-0.39, 0.29) is 30.2 Å². The fourth-order valence-corrected chi connectivity index (χ4v) is 6.10. The standard InChI is InChI=1S/C25H29F3N4O2S/c1-15-9-19-18-5-2-3-6-22(18)30-24(19)25(32(15)14-35(33)34)23-20(27)10-16(11-21(23)28)29-17-12-31(13-17)8-4-7-26/h2-3,5-6,10-11,15,17,25,29-30H,4,7-9,12-14H2,1H3,(H,33,34)/t15-,25+/m1/s1. The molecule has 0 aliphatic carbocycles. The lowest BCUT2D eigenvalue weighted by Gasteiger charge is -2.41. The summed E-state index contributed by atoms with van der Waals surface area (Å²) in [6.45, 7) is 3.61. The van der Waals surface area contributed by atoms with Crippen LogP contribution in [0.2, 0.25) is 0 Å². The number of para-hydroxylation sites is 1. The summed E-state index contributed by atoms with van der Waals surface area (Å²) in [7, 11) is 0. The van der Waals surface area contributed by atoms with Crippen molar-refractivity contribution >= 4 is 27.7 Å². The highest BCUT2D eigenvalue weighted by Gasteiger charge is 2.39. The Balaban J connectivity index is 1.49. The number of nitrogens with zero attached hydrogens (tertiary/aromatic N) is 2. The zero-order valence-electron chi connectivity index (χ0n) is 19.4. The average Bonchev–Trinajstić information content (AvgIpc) is 3.14.